The van der Waals surface area contributed by atoms with Crippen molar-refractivity contribution in [1.82, 2.24) is 15.3 Å². The molecule has 1 aromatic carbocycles. The zero-order chi connectivity index (χ0) is 18.1. The van der Waals surface area contributed by atoms with Gasteiger partial charge in [-0.2, -0.15) is 0 Å². The molecule has 2 N–H and O–H groups in total. The van der Waals surface area contributed by atoms with Crippen LogP contribution in [0.2, 0.25) is 0 Å². The second-order valence-electron chi connectivity index (χ2n) is 5.59. The van der Waals surface area contributed by atoms with Crippen LogP contribution in [0.25, 0.3) is 11.0 Å². The van der Waals surface area contributed by atoms with Gasteiger partial charge in [0.1, 0.15) is 5.03 Å². The summed E-state index contributed by atoms with van der Waals surface area (Å²) >= 11 is 1.24. The fourth-order valence-electron chi connectivity index (χ4n) is 2.12. The van der Waals surface area contributed by atoms with Gasteiger partial charge in [-0.05, 0) is 36.7 Å². The second-order valence-corrected chi connectivity index (χ2v) is 6.57. The molecule has 0 unspecified atom stereocenters. The Hall–Kier alpha value is -2.15. The number of hydrogen-bond donors (Lipinski definition) is 2. The van der Waals surface area contributed by atoms with E-state index < -0.39 is 5.97 Å². The van der Waals surface area contributed by atoms with Crippen LogP contribution >= 0.6 is 11.8 Å². The number of aromatic nitrogens is 2. The molecular weight excluding hydrogens is 336 g/mol. The number of benzene rings is 1. The third-order valence-electron chi connectivity index (χ3n) is 3.51. The van der Waals surface area contributed by atoms with Crippen molar-refractivity contribution >= 4 is 33.9 Å². The van der Waals surface area contributed by atoms with Crippen LogP contribution in [-0.4, -0.2) is 39.3 Å². The average molecular weight is 360 g/mol. The first-order valence-corrected chi connectivity index (χ1v) is 9.43. The molecule has 0 atom stereocenters. The summed E-state index contributed by atoms with van der Waals surface area (Å²) in [6, 6.07) is 7.27. The molecule has 6 nitrogen and oxygen atoms in total. The summed E-state index contributed by atoms with van der Waals surface area (Å²) in [6.07, 6.45) is 4.17. The summed E-state index contributed by atoms with van der Waals surface area (Å²) in [5, 5.41) is 13.9. The van der Waals surface area contributed by atoms with Gasteiger partial charge in [0.05, 0.1) is 11.0 Å². The predicted octanol–water partition coefficient (Wildman–Crippen LogP) is 3.97. The molecule has 0 saturated carbocycles. The van der Waals surface area contributed by atoms with E-state index in [-0.39, 0.29) is 5.69 Å². The number of rotatable bonds is 8. The van der Waals surface area contributed by atoms with Gasteiger partial charge in [-0.1, -0.05) is 38.8 Å². The first-order chi connectivity index (χ1) is 12.2. The predicted molar refractivity (Wildman–Crippen MR) is 102 cm³/mol. The number of nitrogens with zero attached hydrogens (tertiary/aromatic N) is 3. The number of unbranched alkanes of at least 4 members (excludes halogenated alkanes) is 2. The minimum absolute atomic E-state index is 0.0378. The molecule has 0 fully saturated rings. The maximum absolute atomic E-state index is 11.6. The maximum atomic E-state index is 11.6. The first kappa shape index (κ1) is 19.2. The quantitative estimate of drug-likeness (QED) is 0.321. The van der Waals surface area contributed by atoms with E-state index in [0.29, 0.717) is 27.8 Å². The number of carboxylic acids is 1. The summed E-state index contributed by atoms with van der Waals surface area (Å²) in [6.45, 7) is 5.75. The number of amidine groups is 1. The fourth-order valence-corrected chi connectivity index (χ4v) is 3.01. The van der Waals surface area contributed by atoms with E-state index >= 15 is 0 Å². The molecule has 1 aromatic heterocycles. The summed E-state index contributed by atoms with van der Waals surface area (Å²) in [7, 11) is 0. The topological polar surface area (TPSA) is 87.5 Å². The van der Waals surface area contributed by atoms with Gasteiger partial charge < -0.3 is 10.4 Å². The molecule has 2 rings (SSSR count). The molecule has 0 radical (unpaired) electrons. The lowest BCUT2D eigenvalue weighted by atomic mass is 10.3. The first-order valence-electron chi connectivity index (χ1n) is 8.62. The van der Waals surface area contributed by atoms with Crippen LogP contribution in [-0.2, 0) is 0 Å². The lowest BCUT2D eigenvalue weighted by Crippen LogP contribution is -2.22. The van der Waals surface area contributed by atoms with Gasteiger partial charge in [-0.25, -0.2) is 14.8 Å². The number of para-hydroxylation sites is 2. The van der Waals surface area contributed by atoms with Crippen LogP contribution in [0.15, 0.2) is 34.3 Å². The Morgan fingerprint density at radius 1 is 1.16 bits per heavy atom. The van der Waals surface area contributed by atoms with Crippen molar-refractivity contribution in [2.75, 3.05) is 13.1 Å². The van der Waals surface area contributed by atoms with E-state index in [1.165, 1.54) is 11.8 Å². The van der Waals surface area contributed by atoms with Crippen LogP contribution in [0.4, 0.5) is 0 Å². The summed E-state index contributed by atoms with van der Waals surface area (Å²) in [4.78, 5) is 24.9. The van der Waals surface area contributed by atoms with Crippen molar-refractivity contribution in [2.45, 2.75) is 44.6 Å². The molecule has 1 heterocycles. The van der Waals surface area contributed by atoms with E-state index in [0.717, 1.165) is 32.2 Å². The Morgan fingerprint density at radius 3 is 2.48 bits per heavy atom. The van der Waals surface area contributed by atoms with Gasteiger partial charge in [0.2, 0.25) is 0 Å². The number of aliphatic imine (C=N–C) groups is 1. The van der Waals surface area contributed by atoms with Crippen LogP contribution in [0.1, 0.15) is 50.0 Å². The Balaban J connectivity index is 2.30. The maximum Gasteiger partial charge on any atom is 0.357 e. The lowest BCUT2D eigenvalue weighted by molar-refractivity contribution is 0.0686. The number of carbonyl (C=O) groups is 1. The molecule has 25 heavy (non-hydrogen) atoms. The van der Waals surface area contributed by atoms with Gasteiger partial charge in [-0.15, -0.1) is 0 Å². The van der Waals surface area contributed by atoms with E-state index in [9.17, 15) is 9.90 Å². The molecule has 134 valence electrons. The molecule has 0 aliphatic rings. The van der Waals surface area contributed by atoms with Crippen molar-refractivity contribution in [2.24, 2.45) is 4.99 Å². The van der Waals surface area contributed by atoms with Crippen molar-refractivity contribution in [1.29, 1.82) is 0 Å². The van der Waals surface area contributed by atoms with Gasteiger partial charge in [0.25, 0.3) is 0 Å². The Labute approximate surface area is 152 Å². The third-order valence-corrected chi connectivity index (χ3v) is 4.45. The largest absolute Gasteiger partial charge is 0.476 e. The molecule has 0 amide bonds. The highest BCUT2D eigenvalue weighted by Crippen LogP contribution is 2.23. The number of aromatic carboxylic acids is 1. The minimum atomic E-state index is -1.08. The summed E-state index contributed by atoms with van der Waals surface area (Å²) in [5.74, 6) is -1.08. The highest BCUT2D eigenvalue weighted by atomic mass is 32.2. The number of thioether (sulfide) groups is 1. The molecule has 0 saturated heterocycles. The summed E-state index contributed by atoms with van der Waals surface area (Å²) in [5.41, 5.74) is 1.22. The Morgan fingerprint density at radius 2 is 1.84 bits per heavy atom. The SMILES string of the molecule is CCCCN=C(NCCCC)Sc1nc2ccccc2nc1C(=O)O. The third kappa shape index (κ3) is 5.70. The van der Waals surface area contributed by atoms with Crippen LogP contribution in [0, 0.1) is 0 Å². The molecular formula is C18H24N4O2S. The molecule has 0 spiro atoms. The number of fused-ring (bicyclic) bond motifs is 1. The van der Waals surface area contributed by atoms with Gasteiger partial charge >= 0.3 is 5.97 Å². The van der Waals surface area contributed by atoms with Crippen molar-refractivity contribution in [3.8, 4) is 0 Å². The van der Waals surface area contributed by atoms with E-state index in [2.05, 4.69) is 34.1 Å². The van der Waals surface area contributed by atoms with Gasteiger partial charge in [0.15, 0.2) is 10.9 Å². The van der Waals surface area contributed by atoms with Crippen LogP contribution < -0.4 is 5.32 Å². The smallest absolute Gasteiger partial charge is 0.357 e. The fraction of sp³-hybridized carbons (Fsp3) is 0.444. The summed E-state index contributed by atoms with van der Waals surface area (Å²) < 4.78 is 0. The van der Waals surface area contributed by atoms with Crippen LogP contribution in [0.5, 0.6) is 0 Å². The van der Waals surface area contributed by atoms with E-state index in [1.807, 2.05) is 18.2 Å². The average Bonchev–Trinajstić information content (AvgIpc) is 2.61. The van der Waals surface area contributed by atoms with Crippen molar-refractivity contribution in [3.63, 3.8) is 0 Å². The highest BCUT2D eigenvalue weighted by Gasteiger charge is 2.18. The lowest BCUT2D eigenvalue weighted by Gasteiger charge is -2.11. The monoisotopic (exact) mass is 360 g/mol. The van der Waals surface area contributed by atoms with Gasteiger partial charge in [0, 0.05) is 13.1 Å². The second kappa shape index (κ2) is 9.98. The number of hydrogen-bond acceptors (Lipinski definition) is 5. The molecule has 7 heteroatoms. The van der Waals surface area contributed by atoms with Crippen molar-refractivity contribution in [3.05, 3.63) is 30.0 Å². The molecule has 2 aromatic rings. The number of carboxylic acid groups (broad SMARTS) is 1. The number of nitrogens with one attached hydrogen (secondary N) is 1. The van der Waals surface area contributed by atoms with Gasteiger partial charge in [-0.3, -0.25) is 4.99 Å². The standard InChI is InChI=1S/C18H24N4O2S/c1-3-5-11-19-18(20-12-6-4-2)25-16-15(17(23)24)21-13-9-7-8-10-14(13)22-16/h7-10H,3-6,11-12H2,1-2H3,(H,19,20)(H,23,24). The molecule has 0 aliphatic carbocycles. The zero-order valence-electron chi connectivity index (χ0n) is 14.7. The highest BCUT2D eigenvalue weighted by molar-refractivity contribution is 8.13. The Bertz CT molecular complexity index is 749. The van der Waals surface area contributed by atoms with E-state index in [4.69, 9.17) is 0 Å². The minimum Gasteiger partial charge on any atom is -0.476 e. The normalized spacial score (nSPS) is 11.7. The molecule has 0 aliphatic heterocycles. The Kier molecular flexibility index (Phi) is 7.66. The van der Waals surface area contributed by atoms with Crippen molar-refractivity contribution < 1.29 is 9.90 Å². The van der Waals surface area contributed by atoms with E-state index in [1.54, 1.807) is 6.07 Å². The zero-order valence-corrected chi connectivity index (χ0v) is 15.5. The van der Waals surface area contributed by atoms with Crippen LogP contribution in [0.3, 0.4) is 0 Å². The molecule has 0 bridgehead atoms.